The summed E-state index contributed by atoms with van der Waals surface area (Å²) < 4.78 is 0. The van der Waals surface area contributed by atoms with E-state index in [4.69, 9.17) is 0 Å². The first-order valence-electron chi connectivity index (χ1n) is 34.4. The second-order valence-corrected chi connectivity index (χ2v) is 30.6. The summed E-state index contributed by atoms with van der Waals surface area (Å²) >= 11 is 0. The van der Waals surface area contributed by atoms with Crippen LogP contribution in [0.5, 0.6) is 0 Å². The lowest BCUT2D eigenvalue weighted by molar-refractivity contribution is 0.162. The molecule has 9 aromatic rings. The highest BCUT2D eigenvalue weighted by atomic mass is 14.8. The minimum atomic E-state index is -0.0477. The van der Waals surface area contributed by atoms with Crippen LogP contribution in [0.4, 0.5) is 0 Å². The van der Waals surface area contributed by atoms with Gasteiger partial charge in [0.2, 0.25) is 0 Å². The minimum absolute atomic E-state index is 0.0237. The van der Waals surface area contributed by atoms with Gasteiger partial charge in [-0.1, -0.05) is 181 Å². The SMILES string of the molecule is C=CCc1ccc(-c2ccc(-c3ccc4c(c3)C3(c5cc(-c6ccc7c(c6)C6(c8cc9c(cc8-7)C7(c8cc(-c%10ccc(C)c%11ccccc%10%11)ccc8-9)C8(CC)CCC7(CC)CC8)C7(CC)CCC6(CC)CC7)ccc5-4)C4(C)CCC3(C)CC4)cc2)cc1. The third-order valence-electron chi connectivity index (χ3n) is 28.7. The Balaban J connectivity index is 0.806. The van der Waals surface area contributed by atoms with E-state index in [1.54, 1.807) is 55.6 Å². The van der Waals surface area contributed by atoms with Crippen molar-refractivity contribution in [2.24, 2.45) is 32.5 Å². The average Bonchev–Trinajstić information content (AvgIpc) is 1.48. The largest absolute Gasteiger partial charge is 0.103 e. The molecular formula is C87H86. The Morgan fingerprint density at radius 2 is 0.644 bits per heavy atom. The Bertz CT molecular complexity index is 4370. The summed E-state index contributed by atoms with van der Waals surface area (Å²) in [5, 5.41) is 2.75. The summed E-state index contributed by atoms with van der Waals surface area (Å²) in [6.45, 7) is 21.9. The van der Waals surface area contributed by atoms with Crippen molar-refractivity contribution in [1.29, 1.82) is 0 Å². The van der Waals surface area contributed by atoms with E-state index >= 15 is 0 Å². The molecule has 6 bridgehead atoms. The van der Waals surface area contributed by atoms with E-state index in [0.717, 1.165) is 6.42 Å². The molecule has 0 heteroatoms. The molecule has 0 radical (unpaired) electrons. The first-order valence-corrected chi connectivity index (χ1v) is 34.4. The summed E-state index contributed by atoms with van der Waals surface area (Å²) in [4.78, 5) is 0. The lowest BCUT2D eigenvalue weighted by atomic mass is 9.54. The van der Waals surface area contributed by atoms with Crippen LogP contribution in [0.1, 0.15) is 189 Å². The molecule has 3 spiro atoms. The van der Waals surface area contributed by atoms with Crippen molar-refractivity contribution in [2.45, 2.75) is 174 Å². The molecule has 0 heterocycles. The van der Waals surface area contributed by atoms with Gasteiger partial charge in [-0.05, 0) is 318 Å². The molecule has 0 nitrogen and oxygen atoms in total. The summed E-state index contributed by atoms with van der Waals surface area (Å²) in [6.07, 6.45) is 23.6. The molecule has 18 rings (SSSR count). The molecule has 6 saturated carbocycles. The third-order valence-corrected chi connectivity index (χ3v) is 28.7. The number of allylic oxidation sites excluding steroid dienone is 1. The van der Waals surface area contributed by atoms with E-state index in [-0.39, 0.29) is 48.7 Å². The smallest absolute Gasteiger partial charge is 0.0327 e. The normalized spacial score (nSPS) is 31.8. The predicted octanol–water partition coefficient (Wildman–Crippen LogP) is 23.7. The maximum Gasteiger partial charge on any atom is 0.0327 e. The maximum absolute atomic E-state index is 3.95. The van der Waals surface area contributed by atoms with E-state index < -0.39 is 0 Å². The van der Waals surface area contributed by atoms with Gasteiger partial charge in [-0.2, -0.15) is 0 Å². The van der Waals surface area contributed by atoms with Crippen molar-refractivity contribution < 1.29 is 0 Å². The number of rotatable bonds is 10. The fourth-order valence-corrected chi connectivity index (χ4v) is 24.7. The second kappa shape index (κ2) is 17.6. The Morgan fingerprint density at radius 1 is 0.322 bits per heavy atom. The maximum atomic E-state index is 3.95. The van der Waals surface area contributed by atoms with E-state index in [1.807, 2.05) is 6.08 Å². The number of fused-ring (bicyclic) bond motifs is 10. The van der Waals surface area contributed by atoms with Crippen LogP contribution in [0.25, 0.3) is 88.7 Å². The van der Waals surface area contributed by atoms with Crippen molar-refractivity contribution in [1.82, 2.24) is 0 Å². The lowest BCUT2D eigenvalue weighted by Gasteiger charge is -2.48. The zero-order chi connectivity index (χ0) is 58.9. The molecule has 9 aromatic carbocycles. The van der Waals surface area contributed by atoms with Gasteiger partial charge in [0, 0.05) is 16.2 Å². The van der Waals surface area contributed by atoms with Crippen molar-refractivity contribution in [3.05, 3.63) is 227 Å². The molecular weight excluding hydrogens is 1040 g/mol. The van der Waals surface area contributed by atoms with Gasteiger partial charge in [0.15, 0.2) is 0 Å². The van der Waals surface area contributed by atoms with Crippen LogP contribution < -0.4 is 0 Å². The molecule has 6 fully saturated rings. The Kier molecular flexibility index (Phi) is 10.8. The summed E-state index contributed by atoms with van der Waals surface area (Å²) in [5.41, 5.74) is 33.8. The van der Waals surface area contributed by atoms with Crippen molar-refractivity contribution in [3.63, 3.8) is 0 Å². The minimum Gasteiger partial charge on any atom is -0.103 e. The lowest BCUT2D eigenvalue weighted by Crippen LogP contribution is -2.45. The molecule has 434 valence electrons. The van der Waals surface area contributed by atoms with Crippen LogP contribution in [0.2, 0.25) is 0 Å². The third kappa shape index (κ3) is 5.97. The number of benzene rings is 9. The van der Waals surface area contributed by atoms with Gasteiger partial charge in [0.1, 0.15) is 0 Å². The van der Waals surface area contributed by atoms with Gasteiger partial charge in [-0.25, -0.2) is 0 Å². The van der Waals surface area contributed by atoms with Crippen LogP contribution in [-0.2, 0) is 22.7 Å². The fourth-order valence-electron chi connectivity index (χ4n) is 24.7. The van der Waals surface area contributed by atoms with E-state index in [0.29, 0.717) is 0 Å². The van der Waals surface area contributed by atoms with Gasteiger partial charge >= 0.3 is 0 Å². The van der Waals surface area contributed by atoms with Crippen molar-refractivity contribution in [3.8, 4) is 77.9 Å². The zero-order valence-corrected chi connectivity index (χ0v) is 53.0. The van der Waals surface area contributed by atoms with Gasteiger partial charge in [-0.15, -0.1) is 6.58 Å². The molecule has 0 N–H and O–H groups in total. The number of aryl methyl sites for hydroxylation is 1. The van der Waals surface area contributed by atoms with Crippen LogP contribution in [-0.4, -0.2) is 0 Å². The van der Waals surface area contributed by atoms with Crippen LogP contribution in [0.15, 0.2) is 183 Å². The molecule has 0 saturated heterocycles. The molecule has 0 atom stereocenters. The molecule has 0 aliphatic heterocycles. The molecule has 0 unspecified atom stereocenters. The van der Waals surface area contributed by atoms with E-state index in [1.165, 1.54) is 180 Å². The molecule has 87 heavy (non-hydrogen) atoms. The first-order chi connectivity index (χ1) is 42.3. The number of hydrogen-bond donors (Lipinski definition) is 0. The Labute approximate surface area is 519 Å². The highest BCUT2D eigenvalue weighted by molar-refractivity contribution is 6.00. The monoisotopic (exact) mass is 1130 g/mol. The number of hydrogen-bond acceptors (Lipinski definition) is 0. The van der Waals surface area contributed by atoms with Gasteiger partial charge in [0.25, 0.3) is 0 Å². The molecule has 0 amide bonds. The van der Waals surface area contributed by atoms with Crippen molar-refractivity contribution in [2.75, 3.05) is 0 Å². The highest BCUT2D eigenvalue weighted by Crippen LogP contribution is 2.85. The standard InChI is InChI=1S/C87H86/c1-9-16-56-20-22-57(23-21-56)58-24-26-59(27-25-58)60-28-33-67-68-34-29-61(50-74(68)85(73(67)49-60)79(7)37-39-80(85,8)40-38-79)62-30-35-69-71-53-78-72(54-77(71)86(75(69)51-62)81(10-2)41-43-82(86,11-3)44-42-81)70-36-31-63(65-32-19-55(6)64-17-14-15-18-66(64)65)52-76(70)87(78)83(12-4)45-47-84(87,13-5)48-46-83/h9,14-15,17-36,49-54H,1,10-13,16,37-48H2,2-8H3. The quantitative estimate of drug-likeness (QED) is 0.120. The van der Waals surface area contributed by atoms with Gasteiger partial charge in [-0.3, -0.25) is 0 Å². The second-order valence-electron chi connectivity index (χ2n) is 30.6. The van der Waals surface area contributed by atoms with Crippen LogP contribution in [0, 0.1) is 39.4 Å². The highest BCUT2D eigenvalue weighted by Gasteiger charge is 2.77. The predicted molar refractivity (Wildman–Crippen MR) is 365 cm³/mol. The van der Waals surface area contributed by atoms with Crippen molar-refractivity contribution >= 4 is 10.8 Å². The molecule has 9 aliphatic carbocycles. The average molecular weight is 1130 g/mol. The van der Waals surface area contributed by atoms with Gasteiger partial charge in [0.05, 0.1) is 0 Å². The zero-order valence-electron chi connectivity index (χ0n) is 53.0. The summed E-state index contributed by atoms with van der Waals surface area (Å²) in [7, 11) is 0. The Hall–Kier alpha value is -7.02. The Morgan fingerprint density at radius 3 is 1.07 bits per heavy atom. The first kappa shape index (κ1) is 53.0. The van der Waals surface area contributed by atoms with Gasteiger partial charge < -0.3 is 0 Å². The fraction of sp³-hybridized carbons (Fsp3) is 0.379. The van der Waals surface area contributed by atoms with E-state index in [9.17, 15) is 0 Å². The summed E-state index contributed by atoms with van der Waals surface area (Å²) in [6, 6.07) is 69.7. The summed E-state index contributed by atoms with van der Waals surface area (Å²) in [5.74, 6) is 0. The molecule has 0 aromatic heterocycles. The topological polar surface area (TPSA) is 0 Å². The van der Waals surface area contributed by atoms with Crippen LogP contribution >= 0.6 is 0 Å². The van der Waals surface area contributed by atoms with Crippen LogP contribution in [0.3, 0.4) is 0 Å². The molecule has 9 aliphatic rings. The van der Waals surface area contributed by atoms with E-state index in [2.05, 4.69) is 225 Å².